The van der Waals surface area contributed by atoms with Crippen LogP contribution in [0.5, 0.6) is 0 Å². The van der Waals surface area contributed by atoms with Crippen molar-refractivity contribution in [3.8, 4) is 0 Å². The highest BCUT2D eigenvalue weighted by Gasteiger charge is 2.48. The Hall–Kier alpha value is -0.0800. The van der Waals surface area contributed by atoms with Gasteiger partial charge in [-0.3, -0.25) is 0 Å². The largest absolute Gasteiger partial charge is 0.396 e. The normalized spacial score (nSPS) is 50.4. The minimum Gasteiger partial charge on any atom is -0.396 e. The molecule has 15 heavy (non-hydrogen) atoms. The second-order valence-electron chi connectivity index (χ2n) is 5.98. The van der Waals surface area contributed by atoms with Gasteiger partial charge in [0.15, 0.2) is 0 Å². The van der Waals surface area contributed by atoms with Crippen molar-refractivity contribution in [3.05, 3.63) is 0 Å². The lowest BCUT2D eigenvalue weighted by Crippen LogP contribution is -2.52. The van der Waals surface area contributed by atoms with Crippen molar-refractivity contribution in [2.75, 3.05) is 6.61 Å². The number of aliphatic hydroxyl groups is 2. The minimum absolute atomic E-state index is 0.121. The Morgan fingerprint density at radius 2 is 1.87 bits per heavy atom. The Labute approximate surface area is 92.7 Å². The third kappa shape index (κ3) is 1.94. The third-order valence-electron chi connectivity index (χ3n) is 4.80. The van der Waals surface area contributed by atoms with Crippen LogP contribution in [0.3, 0.4) is 0 Å². The van der Waals surface area contributed by atoms with Crippen LogP contribution in [0.25, 0.3) is 0 Å². The highest BCUT2D eigenvalue weighted by atomic mass is 16.3. The molecule has 0 saturated heterocycles. The van der Waals surface area contributed by atoms with Crippen molar-refractivity contribution >= 4 is 0 Å². The third-order valence-corrected chi connectivity index (χ3v) is 4.80. The van der Waals surface area contributed by atoms with Crippen LogP contribution in [0.1, 0.15) is 46.0 Å². The van der Waals surface area contributed by atoms with E-state index in [9.17, 15) is 5.11 Å². The number of fused-ring (bicyclic) bond motifs is 2. The van der Waals surface area contributed by atoms with E-state index < -0.39 is 5.60 Å². The highest BCUT2D eigenvalue weighted by molar-refractivity contribution is 4.99. The molecule has 0 radical (unpaired) electrons. The lowest BCUT2D eigenvalue weighted by Gasteiger charge is -2.51. The summed E-state index contributed by atoms with van der Waals surface area (Å²) >= 11 is 0. The Kier molecular flexibility index (Phi) is 3.09. The first-order chi connectivity index (χ1) is 7.06. The van der Waals surface area contributed by atoms with Gasteiger partial charge in [0, 0.05) is 6.61 Å². The van der Waals surface area contributed by atoms with Crippen LogP contribution < -0.4 is 0 Å². The van der Waals surface area contributed by atoms with E-state index >= 15 is 0 Å². The van der Waals surface area contributed by atoms with Crippen molar-refractivity contribution < 1.29 is 10.2 Å². The molecule has 2 aliphatic carbocycles. The monoisotopic (exact) mass is 212 g/mol. The van der Waals surface area contributed by atoms with Gasteiger partial charge < -0.3 is 10.2 Å². The van der Waals surface area contributed by atoms with E-state index in [-0.39, 0.29) is 6.61 Å². The molecule has 2 nitrogen and oxygen atoms in total. The first-order valence-corrected chi connectivity index (χ1v) is 6.39. The fraction of sp³-hybridized carbons (Fsp3) is 1.00. The summed E-state index contributed by atoms with van der Waals surface area (Å²) in [7, 11) is 0. The molecule has 2 rings (SSSR count). The van der Waals surface area contributed by atoms with Gasteiger partial charge in [0.05, 0.1) is 5.60 Å². The molecule has 2 N–H and O–H groups in total. The van der Waals surface area contributed by atoms with Gasteiger partial charge in [0.1, 0.15) is 0 Å². The molecule has 2 heteroatoms. The van der Waals surface area contributed by atoms with Crippen LogP contribution in [-0.4, -0.2) is 22.4 Å². The Balaban J connectivity index is 2.15. The van der Waals surface area contributed by atoms with E-state index in [1.165, 1.54) is 12.8 Å². The molecular weight excluding hydrogens is 188 g/mol. The fourth-order valence-corrected chi connectivity index (χ4v) is 4.08. The summed E-state index contributed by atoms with van der Waals surface area (Å²) in [6.45, 7) is 4.58. The first-order valence-electron chi connectivity index (χ1n) is 6.39. The average molecular weight is 212 g/mol. The van der Waals surface area contributed by atoms with Gasteiger partial charge in [-0.25, -0.2) is 0 Å². The zero-order valence-electron chi connectivity index (χ0n) is 9.95. The molecule has 0 aliphatic heterocycles. The number of rotatable bonds is 2. The molecule has 88 valence electrons. The molecular formula is C13H24O2. The van der Waals surface area contributed by atoms with Gasteiger partial charge >= 0.3 is 0 Å². The maximum atomic E-state index is 10.7. The molecule has 0 aromatic carbocycles. The van der Waals surface area contributed by atoms with Crippen molar-refractivity contribution in [1.82, 2.24) is 0 Å². The summed E-state index contributed by atoms with van der Waals surface area (Å²) in [5, 5.41) is 19.8. The van der Waals surface area contributed by atoms with Crippen LogP contribution in [0, 0.1) is 23.7 Å². The van der Waals surface area contributed by atoms with E-state index in [1.807, 2.05) is 0 Å². The van der Waals surface area contributed by atoms with Gasteiger partial charge in [-0.1, -0.05) is 13.8 Å². The second-order valence-corrected chi connectivity index (χ2v) is 5.98. The topological polar surface area (TPSA) is 40.5 Å². The summed E-state index contributed by atoms with van der Waals surface area (Å²) in [6.07, 6.45) is 5.40. The molecule has 0 spiro atoms. The SMILES string of the molecule is CC1CC2CC(C)C(O)(CCO)C(C1)C2. The fourth-order valence-electron chi connectivity index (χ4n) is 4.08. The van der Waals surface area contributed by atoms with Gasteiger partial charge in [-0.15, -0.1) is 0 Å². The maximum Gasteiger partial charge on any atom is 0.0723 e. The Morgan fingerprint density at radius 1 is 1.13 bits per heavy atom. The van der Waals surface area contributed by atoms with E-state index in [1.54, 1.807) is 0 Å². The number of hydrogen-bond acceptors (Lipinski definition) is 2. The predicted octanol–water partition coefficient (Wildman–Crippen LogP) is 2.19. The van der Waals surface area contributed by atoms with Crippen LogP contribution >= 0.6 is 0 Å². The van der Waals surface area contributed by atoms with Gasteiger partial charge in [-0.05, 0) is 55.8 Å². The van der Waals surface area contributed by atoms with Crippen molar-refractivity contribution in [2.45, 2.75) is 51.6 Å². The zero-order valence-corrected chi connectivity index (χ0v) is 9.95. The van der Waals surface area contributed by atoms with E-state index in [0.29, 0.717) is 18.3 Å². The lowest BCUT2D eigenvalue weighted by molar-refractivity contribution is -0.135. The van der Waals surface area contributed by atoms with Crippen molar-refractivity contribution in [3.63, 3.8) is 0 Å². The predicted molar refractivity (Wildman–Crippen MR) is 60.4 cm³/mol. The molecule has 2 bridgehead atoms. The molecule has 2 saturated carbocycles. The summed E-state index contributed by atoms with van der Waals surface area (Å²) in [4.78, 5) is 0. The number of aliphatic hydroxyl groups excluding tert-OH is 1. The molecule has 5 unspecified atom stereocenters. The van der Waals surface area contributed by atoms with Crippen molar-refractivity contribution in [1.29, 1.82) is 0 Å². The van der Waals surface area contributed by atoms with Crippen LogP contribution in [0.15, 0.2) is 0 Å². The first kappa shape index (κ1) is 11.4. The Bertz CT molecular complexity index is 225. The summed E-state index contributed by atoms with van der Waals surface area (Å²) in [5.74, 6) is 2.38. The van der Waals surface area contributed by atoms with Crippen LogP contribution in [-0.2, 0) is 0 Å². The van der Waals surface area contributed by atoms with E-state index in [2.05, 4.69) is 13.8 Å². The van der Waals surface area contributed by atoms with Gasteiger partial charge in [0.25, 0.3) is 0 Å². The highest BCUT2D eigenvalue weighted by Crippen LogP contribution is 2.51. The number of hydrogen-bond donors (Lipinski definition) is 2. The standard InChI is InChI=1S/C13H24O2/c1-9-5-11-7-10(2)13(15,3-4-14)12(6-9)8-11/h9-12,14-15H,3-8H2,1-2H3. The molecule has 0 amide bonds. The van der Waals surface area contributed by atoms with Crippen molar-refractivity contribution in [2.24, 2.45) is 23.7 Å². The summed E-state index contributed by atoms with van der Waals surface area (Å²) in [5.41, 5.74) is -0.583. The van der Waals surface area contributed by atoms with Crippen LogP contribution in [0.4, 0.5) is 0 Å². The maximum absolute atomic E-state index is 10.7. The lowest BCUT2D eigenvalue weighted by atomic mass is 9.57. The minimum atomic E-state index is -0.583. The summed E-state index contributed by atoms with van der Waals surface area (Å²) < 4.78 is 0. The molecule has 0 aromatic rings. The molecule has 2 aliphatic rings. The zero-order chi connectivity index (χ0) is 11.1. The average Bonchev–Trinajstić information content (AvgIpc) is 2.15. The quantitative estimate of drug-likeness (QED) is 0.736. The van der Waals surface area contributed by atoms with Gasteiger partial charge in [-0.2, -0.15) is 0 Å². The molecule has 5 atom stereocenters. The molecule has 2 fully saturated rings. The van der Waals surface area contributed by atoms with Crippen LogP contribution in [0.2, 0.25) is 0 Å². The molecule has 0 aromatic heterocycles. The Morgan fingerprint density at radius 3 is 2.53 bits per heavy atom. The molecule has 0 heterocycles. The van der Waals surface area contributed by atoms with E-state index in [4.69, 9.17) is 5.11 Å². The van der Waals surface area contributed by atoms with E-state index in [0.717, 1.165) is 24.7 Å². The summed E-state index contributed by atoms with van der Waals surface area (Å²) in [6, 6.07) is 0. The second kappa shape index (κ2) is 4.06. The smallest absolute Gasteiger partial charge is 0.0723 e. The van der Waals surface area contributed by atoms with Gasteiger partial charge in [0.2, 0.25) is 0 Å².